The Morgan fingerprint density at radius 3 is 2.11 bits per heavy atom. The van der Waals surface area contributed by atoms with Gasteiger partial charge in [-0.1, -0.05) is 40.5 Å². The summed E-state index contributed by atoms with van der Waals surface area (Å²) in [7, 11) is 1.47. The van der Waals surface area contributed by atoms with E-state index >= 15 is 0 Å². The van der Waals surface area contributed by atoms with Crippen LogP contribution in [0.2, 0.25) is 0 Å². The lowest BCUT2D eigenvalue weighted by Gasteiger charge is -2.36. The maximum Gasteiger partial charge on any atom is 0.311 e. The van der Waals surface area contributed by atoms with Crippen molar-refractivity contribution in [1.29, 1.82) is 0 Å². The molecule has 0 N–H and O–H groups in total. The highest BCUT2D eigenvalue weighted by atomic mass is 16.6. The minimum atomic E-state index is -0.316. The number of fused-ring (bicyclic) bond motifs is 1. The van der Waals surface area contributed by atoms with Gasteiger partial charge in [-0.15, -0.1) is 0 Å². The molecular formula is C29H54O7. The van der Waals surface area contributed by atoms with E-state index in [-0.39, 0.29) is 42.2 Å². The number of methoxy groups -OCH3 is 1. The van der Waals surface area contributed by atoms with Gasteiger partial charge in [0, 0.05) is 13.2 Å². The summed E-state index contributed by atoms with van der Waals surface area (Å²) >= 11 is 0. The van der Waals surface area contributed by atoms with E-state index in [0.29, 0.717) is 63.8 Å². The summed E-state index contributed by atoms with van der Waals surface area (Å²) in [5.74, 6) is 1.09. The molecule has 0 aromatic carbocycles. The second kappa shape index (κ2) is 17.0. The summed E-state index contributed by atoms with van der Waals surface area (Å²) in [6.45, 7) is 16.7. The van der Waals surface area contributed by atoms with Crippen molar-refractivity contribution < 1.29 is 33.2 Å². The molecule has 0 bridgehead atoms. The van der Waals surface area contributed by atoms with Gasteiger partial charge in [-0.2, -0.15) is 0 Å². The van der Waals surface area contributed by atoms with Crippen LogP contribution in [0.5, 0.6) is 0 Å². The average molecular weight is 515 g/mol. The lowest BCUT2D eigenvalue weighted by Crippen LogP contribution is -2.39. The van der Waals surface area contributed by atoms with Crippen molar-refractivity contribution in [2.45, 2.75) is 104 Å². The van der Waals surface area contributed by atoms with E-state index in [9.17, 15) is 4.79 Å². The number of rotatable bonds is 12. The predicted octanol–water partition coefficient (Wildman–Crippen LogP) is 5.29. The molecule has 0 spiro atoms. The van der Waals surface area contributed by atoms with Crippen LogP contribution in [-0.2, 0) is 33.2 Å². The van der Waals surface area contributed by atoms with Crippen LogP contribution in [-0.4, -0.2) is 77.1 Å². The van der Waals surface area contributed by atoms with E-state index < -0.39 is 0 Å². The van der Waals surface area contributed by atoms with Gasteiger partial charge >= 0.3 is 5.97 Å². The first kappa shape index (κ1) is 31.5. The number of carbonyl (C=O) groups excluding carboxylic acids is 1. The third kappa shape index (κ3) is 10.6. The quantitative estimate of drug-likeness (QED) is 0.199. The monoisotopic (exact) mass is 514 g/mol. The van der Waals surface area contributed by atoms with Gasteiger partial charge in [0.15, 0.2) is 0 Å². The van der Waals surface area contributed by atoms with Crippen molar-refractivity contribution in [2.75, 3.05) is 46.8 Å². The standard InChI is InChI=1S/C29H54O7/c1-8-32-13-15-34-25-18-23(20(3)4)26(35-16-14-33-9-2)19-24(29(30)31-7)28-27(36-28)17-21(5)11-10-12-22(25)6/h20-28H,8-19H2,1-7H3/t21-,22+,23-,24?,25+,26-,27?,28?/m1/s1. The van der Waals surface area contributed by atoms with Gasteiger partial charge in [0.1, 0.15) is 0 Å². The fourth-order valence-electron chi connectivity index (χ4n) is 5.71. The fourth-order valence-corrected chi connectivity index (χ4v) is 5.71. The Kier molecular flexibility index (Phi) is 14.8. The molecule has 8 atom stereocenters. The molecule has 2 fully saturated rings. The minimum absolute atomic E-state index is 0.0780. The van der Waals surface area contributed by atoms with E-state index in [2.05, 4.69) is 27.7 Å². The Morgan fingerprint density at radius 1 is 0.889 bits per heavy atom. The molecular weight excluding hydrogens is 460 g/mol. The Labute approximate surface area is 220 Å². The number of hydrogen-bond donors (Lipinski definition) is 0. The summed E-state index contributed by atoms with van der Waals surface area (Å²) in [4.78, 5) is 12.9. The van der Waals surface area contributed by atoms with E-state index in [1.165, 1.54) is 20.0 Å². The predicted molar refractivity (Wildman–Crippen MR) is 141 cm³/mol. The summed E-state index contributed by atoms with van der Waals surface area (Å²) in [5.41, 5.74) is 0. The Balaban J connectivity index is 2.29. The summed E-state index contributed by atoms with van der Waals surface area (Å²) < 4.78 is 35.4. The zero-order valence-electron chi connectivity index (χ0n) is 24.0. The zero-order valence-corrected chi connectivity index (χ0v) is 24.0. The molecule has 1 aliphatic heterocycles. The molecule has 2 aliphatic rings. The van der Waals surface area contributed by atoms with Gasteiger partial charge in [-0.05, 0) is 63.2 Å². The van der Waals surface area contributed by atoms with Crippen LogP contribution in [0.3, 0.4) is 0 Å². The first-order valence-corrected chi connectivity index (χ1v) is 14.4. The van der Waals surface area contributed by atoms with Crippen molar-refractivity contribution in [2.24, 2.45) is 29.6 Å². The number of ether oxygens (including phenoxy) is 6. The van der Waals surface area contributed by atoms with E-state index in [1.54, 1.807) is 0 Å². The largest absolute Gasteiger partial charge is 0.469 e. The highest BCUT2D eigenvalue weighted by Crippen LogP contribution is 2.41. The van der Waals surface area contributed by atoms with Crippen LogP contribution in [0.4, 0.5) is 0 Å². The topological polar surface area (TPSA) is 75.8 Å². The number of esters is 1. The second-order valence-electron chi connectivity index (χ2n) is 11.1. The molecule has 0 aromatic heterocycles. The molecule has 36 heavy (non-hydrogen) atoms. The Bertz CT molecular complexity index is 598. The summed E-state index contributed by atoms with van der Waals surface area (Å²) in [5, 5.41) is 0. The van der Waals surface area contributed by atoms with Crippen LogP contribution < -0.4 is 0 Å². The van der Waals surface area contributed by atoms with Crippen LogP contribution in [0.15, 0.2) is 0 Å². The SMILES string of the molecule is CCOCCO[C@H]1C[C@H](C(C)C)[C@H](OCCOCC)CC(C(=O)OC)C2OC2C[C@H](C)CCC[C@@H]1C. The van der Waals surface area contributed by atoms with Crippen molar-refractivity contribution in [1.82, 2.24) is 0 Å². The molecule has 0 amide bonds. The summed E-state index contributed by atoms with van der Waals surface area (Å²) in [6, 6.07) is 0. The molecule has 3 unspecified atom stereocenters. The number of carbonyl (C=O) groups is 1. The van der Waals surface area contributed by atoms with Crippen LogP contribution in [0.25, 0.3) is 0 Å². The van der Waals surface area contributed by atoms with E-state index in [0.717, 1.165) is 19.3 Å². The fraction of sp³-hybridized carbons (Fsp3) is 0.966. The van der Waals surface area contributed by atoms with Crippen molar-refractivity contribution in [3.8, 4) is 0 Å². The molecule has 1 saturated heterocycles. The third-order valence-electron chi connectivity index (χ3n) is 8.00. The van der Waals surface area contributed by atoms with Crippen LogP contribution in [0, 0.1) is 29.6 Å². The van der Waals surface area contributed by atoms with Crippen LogP contribution >= 0.6 is 0 Å². The van der Waals surface area contributed by atoms with Gasteiger partial charge in [-0.3, -0.25) is 4.79 Å². The minimum Gasteiger partial charge on any atom is -0.469 e. The molecule has 1 aliphatic carbocycles. The molecule has 0 aromatic rings. The average Bonchev–Trinajstić information content (AvgIpc) is 3.60. The first-order valence-electron chi connectivity index (χ1n) is 14.4. The highest BCUT2D eigenvalue weighted by Gasteiger charge is 2.50. The van der Waals surface area contributed by atoms with Crippen molar-refractivity contribution in [3.05, 3.63) is 0 Å². The lowest BCUT2D eigenvalue weighted by molar-refractivity contribution is -0.149. The van der Waals surface area contributed by atoms with Crippen molar-refractivity contribution in [3.63, 3.8) is 0 Å². The van der Waals surface area contributed by atoms with E-state index in [1.807, 2.05) is 13.8 Å². The first-order chi connectivity index (χ1) is 17.3. The smallest absolute Gasteiger partial charge is 0.311 e. The highest BCUT2D eigenvalue weighted by molar-refractivity contribution is 5.73. The van der Waals surface area contributed by atoms with Gasteiger partial charge in [0.25, 0.3) is 0 Å². The molecule has 212 valence electrons. The maximum absolute atomic E-state index is 12.9. The number of epoxide rings is 1. The normalized spacial score (nSPS) is 34.1. The number of hydrogen-bond acceptors (Lipinski definition) is 7. The molecule has 1 heterocycles. The maximum atomic E-state index is 12.9. The lowest BCUT2D eigenvalue weighted by atomic mass is 9.77. The van der Waals surface area contributed by atoms with Gasteiger partial charge in [-0.25, -0.2) is 0 Å². The Hall–Kier alpha value is -0.730. The van der Waals surface area contributed by atoms with Gasteiger partial charge < -0.3 is 28.4 Å². The van der Waals surface area contributed by atoms with Gasteiger partial charge in [0.2, 0.25) is 0 Å². The second-order valence-corrected chi connectivity index (χ2v) is 11.1. The molecule has 7 nitrogen and oxygen atoms in total. The van der Waals surface area contributed by atoms with E-state index in [4.69, 9.17) is 28.4 Å². The van der Waals surface area contributed by atoms with Crippen molar-refractivity contribution >= 4 is 5.97 Å². The Morgan fingerprint density at radius 2 is 1.53 bits per heavy atom. The summed E-state index contributed by atoms with van der Waals surface area (Å²) in [6.07, 6.45) is 6.04. The van der Waals surface area contributed by atoms with Crippen LogP contribution in [0.1, 0.15) is 80.1 Å². The third-order valence-corrected chi connectivity index (χ3v) is 8.00. The van der Waals surface area contributed by atoms with Gasteiger partial charge in [0.05, 0.1) is 63.9 Å². The molecule has 2 rings (SSSR count). The zero-order chi connectivity index (χ0) is 26.5. The molecule has 0 radical (unpaired) electrons. The molecule has 1 saturated carbocycles. The molecule has 7 heteroatoms.